The maximum absolute atomic E-state index is 13.3. The molecule has 2 aromatic heterocycles. The largest absolute Gasteiger partial charge is 0.459 e. The van der Waals surface area contributed by atoms with Crippen molar-refractivity contribution in [1.29, 1.82) is 0 Å². The molecule has 0 aliphatic heterocycles. The van der Waals surface area contributed by atoms with E-state index in [0.29, 0.717) is 17.0 Å². The fourth-order valence-electron chi connectivity index (χ4n) is 2.24. The van der Waals surface area contributed by atoms with Gasteiger partial charge in [-0.1, -0.05) is 0 Å². The van der Waals surface area contributed by atoms with Crippen molar-refractivity contribution in [2.24, 2.45) is 5.84 Å². The van der Waals surface area contributed by atoms with Gasteiger partial charge in [0.15, 0.2) is 0 Å². The van der Waals surface area contributed by atoms with Crippen LogP contribution in [0.2, 0.25) is 0 Å². The highest BCUT2D eigenvalue weighted by Crippen LogP contribution is 2.31. The summed E-state index contributed by atoms with van der Waals surface area (Å²) in [5, 5.41) is 0.726. The van der Waals surface area contributed by atoms with E-state index >= 15 is 0 Å². The third kappa shape index (κ3) is 2.04. The molecule has 5 nitrogen and oxygen atoms in total. The molecule has 3 N–H and O–H groups in total. The van der Waals surface area contributed by atoms with Crippen LogP contribution in [0.5, 0.6) is 0 Å². The van der Waals surface area contributed by atoms with E-state index in [2.05, 4.69) is 15.4 Å². The Labute approximate surface area is 114 Å². The normalized spacial score (nSPS) is 12.8. The number of fused-ring (bicyclic) bond motifs is 1. The minimum Gasteiger partial charge on any atom is -0.459 e. The molecule has 3 rings (SSSR count). The molecule has 0 fully saturated rings. The van der Waals surface area contributed by atoms with Crippen LogP contribution < -0.4 is 11.3 Å². The molecule has 20 heavy (non-hydrogen) atoms. The summed E-state index contributed by atoms with van der Waals surface area (Å²) >= 11 is 0. The van der Waals surface area contributed by atoms with Crippen molar-refractivity contribution in [3.63, 3.8) is 0 Å². The highest BCUT2D eigenvalue weighted by atomic mass is 19.1. The molecule has 0 aliphatic carbocycles. The Morgan fingerprint density at radius 3 is 2.90 bits per heavy atom. The van der Waals surface area contributed by atoms with E-state index in [1.165, 1.54) is 12.1 Å². The zero-order valence-electron chi connectivity index (χ0n) is 10.8. The molecule has 0 bridgehead atoms. The highest BCUT2D eigenvalue weighted by molar-refractivity contribution is 5.82. The van der Waals surface area contributed by atoms with Crippen LogP contribution in [0, 0.1) is 12.7 Å². The average Bonchev–Trinajstić information content (AvgIpc) is 2.78. The number of aryl methyl sites for hydroxylation is 1. The number of halogens is 1. The van der Waals surface area contributed by atoms with Crippen molar-refractivity contribution in [1.82, 2.24) is 15.4 Å². The number of hydrogen-bond acceptors (Lipinski definition) is 5. The molecule has 102 valence electrons. The van der Waals surface area contributed by atoms with Gasteiger partial charge in [0.1, 0.15) is 23.2 Å². The molecular formula is C14H13FN4O. The van der Waals surface area contributed by atoms with Gasteiger partial charge in [0.25, 0.3) is 0 Å². The standard InChI is InChI=1S/C14H13FN4O/c1-8-10-6-9(15)2-3-12(10)20-14(8)13(19-16)11-7-17-4-5-18-11/h2-7,13,19H,16H2,1H3. The number of nitrogens with two attached hydrogens (primary N) is 1. The Balaban J connectivity index is 2.15. The Bertz CT molecular complexity index is 742. The van der Waals surface area contributed by atoms with Crippen LogP contribution in [0.25, 0.3) is 11.0 Å². The fraction of sp³-hybridized carbons (Fsp3) is 0.143. The van der Waals surface area contributed by atoms with E-state index in [0.717, 1.165) is 10.9 Å². The maximum atomic E-state index is 13.3. The van der Waals surface area contributed by atoms with Crippen LogP contribution in [0.3, 0.4) is 0 Å². The lowest BCUT2D eigenvalue weighted by Gasteiger charge is -2.13. The van der Waals surface area contributed by atoms with E-state index < -0.39 is 6.04 Å². The second kappa shape index (κ2) is 4.99. The van der Waals surface area contributed by atoms with Gasteiger partial charge in [0.2, 0.25) is 0 Å². The van der Waals surface area contributed by atoms with E-state index in [1.54, 1.807) is 24.7 Å². The number of nitrogens with zero attached hydrogens (tertiary/aromatic N) is 2. The molecular weight excluding hydrogens is 259 g/mol. The number of nitrogens with one attached hydrogen (secondary N) is 1. The van der Waals surface area contributed by atoms with E-state index in [-0.39, 0.29) is 5.82 Å². The summed E-state index contributed by atoms with van der Waals surface area (Å²) < 4.78 is 19.1. The lowest BCUT2D eigenvalue weighted by Crippen LogP contribution is -2.29. The van der Waals surface area contributed by atoms with Gasteiger partial charge in [-0.25, -0.2) is 9.82 Å². The molecule has 0 radical (unpaired) electrons. The Kier molecular flexibility index (Phi) is 3.17. The number of furan rings is 1. The van der Waals surface area contributed by atoms with Crippen LogP contribution in [-0.2, 0) is 0 Å². The van der Waals surface area contributed by atoms with E-state index in [1.807, 2.05) is 6.92 Å². The van der Waals surface area contributed by atoms with Crippen LogP contribution in [0.15, 0.2) is 41.2 Å². The zero-order chi connectivity index (χ0) is 14.1. The molecule has 0 saturated carbocycles. The summed E-state index contributed by atoms with van der Waals surface area (Å²) in [6.45, 7) is 1.86. The Morgan fingerprint density at radius 1 is 1.35 bits per heavy atom. The van der Waals surface area contributed by atoms with Crippen LogP contribution in [0.1, 0.15) is 23.1 Å². The predicted molar refractivity (Wildman–Crippen MR) is 72.1 cm³/mol. The molecule has 6 heteroatoms. The summed E-state index contributed by atoms with van der Waals surface area (Å²) in [7, 11) is 0. The summed E-state index contributed by atoms with van der Waals surface area (Å²) in [5.41, 5.74) is 4.74. The first kappa shape index (κ1) is 12.7. The number of benzene rings is 1. The first-order chi connectivity index (χ1) is 9.70. The quantitative estimate of drug-likeness (QED) is 0.564. The smallest absolute Gasteiger partial charge is 0.134 e. The molecule has 1 aromatic carbocycles. The summed E-state index contributed by atoms with van der Waals surface area (Å²) in [5.74, 6) is 5.91. The fourth-order valence-corrected chi connectivity index (χ4v) is 2.24. The molecule has 1 atom stereocenters. The summed E-state index contributed by atoms with van der Waals surface area (Å²) in [6.07, 6.45) is 4.77. The summed E-state index contributed by atoms with van der Waals surface area (Å²) in [4.78, 5) is 8.23. The van der Waals surface area contributed by atoms with Gasteiger partial charge in [-0.3, -0.25) is 15.8 Å². The SMILES string of the molecule is Cc1c(C(NN)c2cnccn2)oc2ccc(F)cc12. The third-order valence-electron chi connectivity index (χ3n) is 3.24. The van der Waals surface area contributed by atoms with Gasteiger partial charge in [0, 0.05) is 23.3 Å². The van der Waals surface area contributed by atoms with E-state index in [9.17, 15) is 4.39 Å². The lowest BCUT2D eigenvalue weighted by atomic mass is 10.1. The molecule has 0 aliphatic rings. The second-order valence-electron chi connectivity index (χ2n) is 4.46. The Morgan fingerprint density at radius 2 is 2.20 bits per heavy atom. The molecule has 0 amide bonds. The van der Waals surface area contributed by atoms with Crippen LogP contribution in [0.4, 0.5) is 4.39 Å². The maximum Gasteiger partial charge on any atom is 0.134 e. The predicted octanol–water partition coefficient (Wildman–Crippen LogP) is 2.22. The van der Waals surface area contributed by atoms with Crippen molar-refractivity contribution in [2.45, 2.75) is 13.0 Å². The van der Waals surface area contributed by atoms with Crippen LogP contribution >= 0.6 is 0 Å². The number of hydrogen-bond donors (Lipinski definition) is 2. The van der Waals surface area contributed by atoms with Crippen molar-refractivity contribution in [3.8, 4) is 0 Å². The van der Waals surface area contributed by atoms with Crippen molar-refractivity contribution in [3.05, 3.63) is 59.6 Å². The summed E-state index contributed by atoms with van der Waals surface area (Å²) in [6, 6.07) is 3.98. The van der Waals surface area contributed by atoms with Crippen molar-refractivity contribution in [2.75, 3.05) is 0 Å². The molecule has 3 aromatic rings. The van der Waals surface area contributed by atoms with Gasteiger partial charge in [-0.2, -0.15) is 0 Å². The third-order valence-corrected chi connectivity index (χ3v) is 3.24. The number of hydrazine groups is 1. The number of aromatic nitrogens is 2. The van der Waals surface area contributed by atoms with Gasteiger partial charge in [-0.05, 0) is 25.1 Å². The minimum atomic E-state index is -0.431. The van der Waals surface area contributed by atoms with Crippen LogP contribution in [-0.4, -0.2) is 9.97 Å². The Hall–Kier alpha value is -2.31. The molecule has 0 saturated heterocycles. The van der Waals surface area contributed by atoms with E-state index in [4.69, 9.17) is 10.3 Å². The highest BCUT2D eigenvalue weighted by Gasteiger charge is 2.22. The average molecular weight is 272 g/mol. The van der Waals surface area contributed by atoms with Gasteiger partial charge in [-0.15, -0.1) is 0 Å². The molecule has 1 unspecified atom stereocenters. The first-order valence-corrected chi connectivity index (χ1v) is 6.11. The molecule has 2 heterocycles. The van der Waals surface area contributed by atoms with Gasteiger partial charge >= 0.3 is 0 Å². The van der Waals surface area contributed by atoms with Crippen molar-refractivity contribution < 1.29 is 8.81 Å². The minimum absolute atomic E-state index is 0.301. The number of rotatable bonds is 3. The zero-order valence-corrected chi connectivity index (χ0v) is 10.8. The molecule has 0 spiro atoms. The first-order valence-electron chi connectivity index (χ1n) is 6.11. The van der Waals surface area contributed by atoms with Gasteiger partial charge in [0.05, 0.1) is 11.9 Å². The second-order valence-corrected chi connectivity index (χ2v) is 4.46. The monoisotopic (exact) mass is 272 g/mol. The van der Waals surface area contributed by atoms with Gasteiger partial charge < -0.3 is 4.42 Å². The van der Waals surface area contributed by atoms with Crippen molar-refractivity contribution >= 4 is 11.0 Å². The topological polar surface area (TPSA) is 77.0 Å². The lowest BCUT2D eigenvalue weighted by molar-refractivity contribution is 0.467.